The predicted octanol–water partition coefficient (Wildman–Crippen LogP) is 4.96. The highest BCUT2D eigenvalue weighted by atomic mass is 79.9. The van der Waals surface area contributed by atoms with Gasteiger partial charge in [0.15, 0.2) is 5.69 Å². The molecule has 0 radical (unpaired) electrons. The summed E-state index contributed by atoms with van der Waals surface area (Å²) >= 11 is 14.3. The van der Waals surface area contributed by atoms with Crippen LogP contribution >= 0.6 is 39.1 Å². The highest BCUT2D eigenvalue weighted by Crippen LogP contribution is 2.36. The molecule has 2 rings (SSSR count). The second-order valence-electron chi connectivity index (χ2n) is 3.35. The highest BCUT2D eigenvalue weighted by molar-refractivity contribution is 9.10. The SMILES string of the molecule is FC(F)(F)c1c(Br)cnn1-c1ccc(Cl)c(Cl)c1. The Labute approximate surface area is 118 Å². The number of halogens is 6. The van der Waals surface area contributed by atoms with E-state index in [1.165, 1.54) is 18.2 Å². The summed E-state index contributed by atoms with van der Waals surface area (Å²) in [5.74, 6) is 0. The average Bonchev–Trinajstić information content (AvgIpc) is 2.64. The average molecular weight is 360 g/mol. The van der Waals surface area contributed by atoms with Crippen molar-refractivity contribution >= 4 is 39.1 Å². The van der Waals surface area contributed by atoms with Crippen LogP contribution in [0.1, 0.15) is 5.69 Å². The van der Waals surface area contributed by atoms with E-state index >= 15 is 0 Å². The molecule has 2 nitrogen and oxygen atoms in total. The molecule has 0 saturated heterocycles. The van der Waals surface area contributed by atoms with Gasteiger partial charge in [-0.05, 0) is 34.1 Å². The van der Waals surface area contributed by atoms with Gasteiger partial charge in [-0.1, -0.05) is 23.2 Å². The van der Waals surface area contributed by atoms with Crippen LogP contribution in [0.3, 0.4) is 0 Å². The van der Waals surface area contributed by atoms with Gasteiger partial charge in [0.1, 0.15) is 0 Å². The molecule has 8 heteroatoms. The van der Waals surface area contributed by atoms with E-state index in [4.69, 9.17) is 23.2 Å². The lowest BCUT2D eigenvalue weighted by Gasteiger charge is -2.11. The molecule has 0 aliphatic rings. The summed E-state index contributed by atoms with van der Waals surface area (Å²) in [5.41, 5.74) is -0.719. The Hall–Kier alpha value is -0.720. The predicted molar refractivity (Wildman–Crippen MR) is 66.3 cm³/mol. The normalized spacial score (nSPS) is 11.9. The zero-order chi connectivity index (χ0) is 13.5. The van der Waals surface area contributed by atoms with Crippen molar-refractivity contribution in [1.29, 1.82) is 0 Å². The van der Waals surface area contributed by atoms with Gasteiger partial charge in [-0.3, -0.25) is 0 Å². The van der Waals surface area contributed by atoms with Crippen molar-refractivity contribution < 1.29 is 13.2 Å². The van der Waals surface area contributed by atoms with Gasteiger partial charge in [0, 0.05) is 0 Å². The van der Waals surface area contributed by atoms with Gasteiger partial charge in [-0.15, -0.1) is 0 Å². The Balaban J connectivity index is 2.61. The number of nitrogens with zero attached hydrogens (tertiary/aromatic N) is 2. The maximum Gasteiger partial charge on any atom is 0.434 e. The lowest BCUT2D eigenvalue weighted by atomic mass is 10.3. The lowest BCUT2D eigenvalue weighted by Crippen LogP contribution is -2.13. The first-order valence-electron chi connectivity index (χ1n) is 4.57. The molecule has 0 bridgehead atoms. The molecule has 0 aliphatic carbocycles. The van der Waals surface area contributed by atoms with Gasteiger partial charge in [0.05, 0.1) is 26.4 Å². The summed E-state index contributed by atoms with van der Waals surface area (Å²) in [6.07, 6.45) is -3.45. The van der Waals surface area contributed by atoms with E-state index in [-0.39, 0.29) is 20.2 Å². The second kappa shape index (κ2) is 4.75. The largest absolute Gasteiger partial charge is 0.434 e. The molecule has 0 saturated carbocycles. The summed E-state index contributed by atoms with van der Waals surface area (Å²) in [5, 5.41) is 4.10. The van der Waals surface area contributed by atoms with E-state index in [0.29, 0.717) is 0 Å². The Kier molecular flexibility index (Phi) is 3.62. The molecule has 18 heavy (non-hydrogen) atoms. The van der Waals surface area contributed by atoms with Crippen LogP contribution in [0.4, 0.5) is 13.2 Å². The first kappa shape index (κ1) is 13.7. The fraction of sp³-hybridized carbons (Fsp3) is 0.100. The molecule has 0 atom stereocenters. The molecule has 0 spiro atoms. The summed E-state index contributed by atoms with van der Waals surface area (Å²) < 4.78 is 39.2. The quantitative estimate of drug-likeness (QED) is 0.703. The third kappa shape index (κ3) is 2.50. The van der Waals surface area contributed by atoms with Crippen LogP contribution < -0.4 is 0 Å². The van der Waals surface area contributed by atoms with Crippen molar-refractivity contribution in [2.45, 2.75) is 6.18 Å². The molecule has 96 valence electrons. The van der Waals surface area contributed by atoms with Crippen LogP contribution in [0.5, 0.6) is 0 Å². The van der Waals surface area contributed by atoms with Crippen LogP contribution in [0.25, 0.3) is 5.69 Å². The van der Waals surface area contributed by atoms with Crippen LogP contribution in [0.2, 0.25) is 10.0 Å². The van der Waals surface area contributed by atoms with Gasteiger partial charge in [0.2, 0.25) is 0 Å². The Bertz CT molecular complexity index is 595. The number of rotatable bonds is 1. The summed E-state index contributed by atoms with van der Waals surface area (Å²) in [7, 11) is 0. The minimum absolute atomic E-state index is 0.138. The second-order valence-corrected chi connectivity index (χ2v) is 5.02. The number of aromatic nitrogens is 2. The standard InChI is InChI=1S/C10H4BrCl2F3N2/c11-6-4-17-18(9(6)10(14,15)16)5-1-2-7(12)8(13)3-5/h1-4H. The third-order valence-electron chi connectivity index (χ3n) is 2.14. The fourth-order valence-corrected chi connectivity index (χ4v) is 2.17. The topological polar surface area (TPSA) is 17.8 Å². The number of benzene rings is 1. The maximum absolute atomic E-state index is 12.9. The minimum atomic E-state index is -4.53. The molecule has 1 aromatic heterocycles. The lowest BCUT2D eigenvalue weighted by molar-refractivity contribution is -0.143. The number of hydrogen-bond acceptors (Lipinski definition) is 1. The van der Waals surface area contributed by atoms with Gasteiger partial charge in [-0.2, -0.15) is 18.3 Å². The van der Waals surface area contributed by atoms with Crippen LogP contribution in [0.15, 0.2) is 28.9 Å². The Morgan fingerprint density at radius 1 is 1.17 bits per heavy atom. The molecule has 2 aromatic rings. The monoisotopic (exact) mass is 358 g/mol. The maximum atomic E-state index is 12.9. The van der Waals surface area contributed by atoms with E-state index in [9.17, 15) is 13.2 Å². The molecular weight excluding hydrogens is 356 g/mol. The third-order valence-corrected chi connectivity index (χ3v) is 3.46. The van der Waals surface area contributed by atoms with Crippen LogP contribution in [-0.2, 0) is 6.18 Å². The first-order chi connectivity index (χ1) is 8.30. The van der Waals surface area contributed by atoms with Crippen LogP contribution in [0, 0.1) is 0 Å². The van der Waals surface area contributed by atoms with Crippen LogP contribution in [-0.4, -0.2) is 9.78 Å². The number of alkyl halides is 3. The summed E-state index contributed by atoms with van der Waals surface area (Å²) in [6, 6.07) is 4.14. The van der Waals surface area contributed by atoms with Gasteiger partial charge in [0.25, 0.3) is 0 Å². The zero-order valence-corrected chi connectivity index (χ0v) is 11.6. The molecule has 0 N–H and O–H groups in total. The van der Waals surface area contributed by atoms with E-state index in [1.54, 1.807) is 0 Å². The fourth-order valence-electron chi connectivity index (χ4n) is 1.40. The van der Waals surface area contributed by atoms with Crippen molar-refractivity contribution in [3.63, 3.8) is 0 Å². The Morgan fingerprint density at radius 3 is 2.39 bits per heavy atom. The van der Waals surface area contributed by atoms with E-state index in [2.05, 4.69) is 21.0 Å². The van der Waals surface area contributed by atoms with Crippen molar-refractivity contribution in [2.75, 3.05) is 0 Å². The smallest absolute Gasteiger partial charge is 0.227 e. The number of hydrogen-bond donors (Lipinski definition) is 0. The minimum Gasteiger partial charge on any atom is -0.227 e. The first-order valence-corrected chi connectivity index (χ1v) is 6.11. The zero-order valence-electron chi connectivity index (χ0n) is 8.47. The van der Waals surface area contributed by atoms with Gasteiger partial charge >= 0.3 is 6.18 Å². The molecule has 1 heterocycles. The highest BCUT2D eigenvalue weighted by Gasteiger charge is 2.38. The van der Waals surface area contributed by atoms with Crippen molar-refractivity contribution in [2.24, 2.45) is 0 Å². The molecule has 0 amide bonds. The van der Waals surface area contributed by atoms with Gasteiger partial charge in [-0.25, -0.2) is 4.68 Å². The van der Waals surface area contributed by atoms with Gasteiger partial charge < -0.3 is 0 Å². The van der Waals surface area contributed by atoms with Crippen molar-refractivity contribution in [3.8, 4) is 5.69 Å². The van der Waals surface area contributed by atoms with E-state index in [0.717, 1.165) is 10.9 Å². The molecule has 0 aliphatic heterocycles. The van der Waals surface area contributed by atoms with E-state index < -0.39 is 11.9 Å². The molecule has 0 unspecified atom stereocenters. The molecular formula is C10H4BrCl2F3N2. The molecule has 0 fully saturated rings. The van der Waals surface area contributed by atoms with E-state index in [1.807, 2.05) is 0 Å². The van der Waals surface area contributed by atoms with Crippen molar-refractivity contribution in [3.05, 3.63) is 44.6 Å². The summed E-state index contributed by atoms with van der Waals surface area (Å²) in [4.78, 5) is 0. The molecule has 1 aromatic carbocycles. The summed E-state index contributed by atoms with van der Waals surface area (Å²) in [6.45, 7) is 0. The Morgan fingerprint density at radius 2 is 1.83 bits per heavy atom. The van der Waals surface area contributed by atoms with Crippen molar-refractivity contribution in [1.82, 2.24) is 9.78 Å².